The number of carboxylic acid groups (broad SMARTS) is 1. The van der Waals surface area contributed by atoms with Crippen LogP contribution in [-0.4, -0.2) is 35.7 Å². The van der Waals surface area contributed by atoms with E-state index in [1.165, 1.54) is 0 Å². The Labute approximate surface area is 181 Å². The maximum absolute atomic E-state index is 11.4. The van der Waals surface area contributed by atoms with Gasteiger partial charge in [-0.05, 0) is 55.5 Å². The number of rotatable bonds is 12. The molecule has 0 aliphatic rings. The number of aryl methyl sites for hydroxylation is 1. The van der Waals surface area contributed by atoms with Gasteiger partial charge in [-0.25, -0.2) is 0 Å². The minimum Gasteiger partial charge on any atom is -0.490 e. The first-order chi connectivity index (χ1) is 13.9. The molecule has 0 amide bonds. The maximum atomic E-state index is 11.4. The Hall–Kier alpha value is -1.89. The third kappa shape index (κ3) is 7.46. The lowest BCUT2D eigenvalue weighted by Crippen LogP contribution is -2.36. The summed E-state index contributed by atoms with van der Waals surface area (Å²) in [5.74, 6) is 0.977. The minimum atomic E-state index is -0.853. The molecule has 29 heavy (non-hydrogen) atoms. The van der Waals surface area contributed by atoms with Crippen LogP contribution in [0.15, 0.2) is 36.4 Å². The van der Waals surface area contributed by atoms with E-state index in [1.807, 2.05) is 44.4 Å². The van der Waals surface area contributed by atoms with Gasteiger partial charge in [0.2, 0.25) is 0 Å². The predicted octanol–water partition coefficient (Wildman–Crippen LogP) is 4.92. The highest BCUT2D eigenvalue weighted by atomic mass is 35.5. The van der Waals surface area contributed by atoms with Gasteiger partial charge in [-0.1, -0.05) is 41.4 Å². The summed E-state index contributed by atoms with van der Waals surface area (Å²) in [7, 11) is 0. The number of hydrogen-bond acceptors (Lipinski definition) is 5. The summed E-state index contributed by atoms with van der Waals surface area (Å²) in [5.41, 5.74) is 3.06. The summed E-state index contributed by atoms with van der Waals surface area (Å²) in [6.07, 6.45) is 2.52. The van der Waals surface area contributed by atoms with Gasteiger partial charge in [-0.15, -0.1) is 0 Å². The van der Waals surface area contributed by atoms with Gasteiger partial charge in [0, 0.05) is 6.54 Å². The van der Waals surface area contributed by atoms with E-state index in [0.717, 1.165) is 22.4 Å². The van der Waals surface area contributed by atoms with Crippen molar-refractivity contribution in [2.24, 2.45) is 0 Å². The maximum Gasteiger partial charge on any atom is 0.320 e. The number of carboxylic acids is 1. The summed E-state index contributed by atoms with van der Waals surface area (Å²) in [6, 6.07) is 11.1. The zero-order chi connectivity index (χ0) is 21.2. The minimum absolute atomic E-state index is 0.378. The van der Waals surface area contributed by atoms with Gasteiger partial charge in [0.05, 0.1) is 11.6 Å². The average molecular weight is 438 g/mol. The first-order valence-electron chi connectivity index (χ1n) is 9.53. The van der Waals surface area contributed by atoms with E-state index in [-0.39, 0.29) is 0 Å². The Bertz CT molecular complexity index is 815. The molecule has 2 rings (SSSR count). The van der Waals surface area contributed by atoms with Gasteiger partial charge in [0.1, 0.15) is 12.6 Å². The van der Waals surface area contributed by atoms with Crippen molar-refractivity contribution in [2.75, 3.05) is 18.6 Å². The Morgan fingerprint density at radius 2 is 2.03 bits per heavy atom. The monoisotopic (exact) mass is 437 g/mol. The van der Waals surface area contributed by atoms with Crippen molar-refractivity contribution in [3.05, 3.63) is 58.1 Å². The molecular formula is C22H28ClNO4S. The van der Waals surface area contributed by atoms with Crippen LogP contribution in [0.5, 0.6) is 11.5 Å². The molecule has 7 heteroatoms. The van der Waals surface area contributed by atoms with Crippen LogP contribution >= 0.6 is 23.4 Å². The largest absolute Gasteiger partial charge is 0.490 e. The first-order valence-corrected chi connectivity index (χ1v) is 11.3. The van der Waals surface area contributed by atoms with Gasteiger partial charge in [-0.2, -0.15) is 11.8 Å². The number of nitrogens with one attached hydrogen (secondary N) is 1. The molecule has 0 aromatic heterocycles. The fraction of sp³-hybridized carbons (Fsp3) is 0.409. The number of benzene rings is 2. The third-order valence-electron chi connectivity index (χ3n) is 4.30. The fourth-order valence-electron chi connectivity index (χ4n) is 2.87. The van der Waals surface area contributed by atoms with Gasteiger partial charge < -0.3 is 19.9 Å². The molecule has 0 saturated heterocycles. The highest BCUT2D eigenvalue weighted by Gasteiger charge is 2.18. The molecule has 1 atom stereocenters. The first kappa shape index (κ1) is 23.4. The van der Waals surface area contributed by atoms with Gasteiger partial charge in [0.15, 0.2) is 11.5 Å². The predicted molar refractivity (Wildman–Crippen MR) is 119 cm³/mol. The van der Waals surface area contributed by atoms with Crippen molar-refractivity contribution < 1.29 is 19.4 Å². The second-order valence-corrected chi connectivity index (χ2v) is 8.06. The topological polar surface area (TPSA) is 67.8 Å². The van der Waals surface area contributed by atoms with E-state index >= 15 is 0 Å². The molecule has 0 fully saturated rings. The lowest BCUT2D eigenvalue weighted by atomic mass is 10.1. The lowest BCUT2D eigenvalue weighted by Gasteiger charge is -2.17. The van der Waals surface area contributed by atoms with E-state index < -0.39 is 12.0 Å². The molecule has 0 saturated carbocycles. The van der Waals surface area contributed by atoms with Crippen LogP contribution in [0.1, 0.15) is 30.0 Å². The van der Waals surface area contributed by atoms with Crippen LogP contribution in [0.25, 0.3) is 0 Å². The molecule has 0 spiro atoms. The number of carbonyl (C=O) groups is 1. The quantitative estimate of drug-likeness (QED) is 0.491. The fourth-order valence-corrected chi connectivity index (χ4v) is 3.63. The molecule has 158 valence electrons. The Morgan fingerprint density at radius 3 is 2.69 bits per heavy atom. The van der Waals surface area contributed by atoms with Crippen molar-refractivity contribution in [3.63, 3.8) is 0 Å². The van der Waals surface area contributed by atoms with Crippen molar-refractivity contribution in [2.45, 2.75) is 39.5 Å². The lowest BCUT2D eigenvalue weighted by molar-refractivity contribution is -0.139. The Kier molecular flexibility index (Phi) is 9.64. The third-order valence-corrected chi connectivity index (χ3v) is 5.22. The van der Waals surface area contributed by atoms with Crippen LogP contribution in [0.3, 0.4) is 0 Å². The number of ether oxygens (including phenoxy) is 2. The molecule has 0 radical (unpaired) electrons. The summed E-state index contributed by atoms with van der Waals surface area (Å²) in [4.78, 5) is 11.4. The highest BCUT2D eigenvalue weighted by Crippen LogP contribution is 2.37. The zero-order valence-corrected chi connectivity index (χ0v) is 18.6. The van der Waals surface area contributed by atoms with Gasteiger partial charge in [0.25, 0.3) is 0 Å². The molecule has 2 aromatic rings. The van der Waals surface area contributed by atoms with Crippen LogP contribution in [0, 0.1) is 6.92 Å². The summed E-state index contributed by atoms with van der Waals surface area (Å²) >= 11 is 8.10. The molecule has 0 aliphatic heterocycles. The molecule has 0 heterocycles. The highest BCUT2D eigenvalue weighted by molar-refractivity contribution is 7.98. The van der Waals surface area contributed by atoms with Gasteiger partial charge in [-0.3, -0.25) is 4.79 Å². The van der Waals surface area contributed by atoms with E-state index in [4.69, 9.17) is 21.1 Å². The Morgan fingerprint density at radius 1 is 1.24 bits per heavy atom. The van der Waals surface area contributed by atoms with Crippen LogP contribution in [-0.2, 0) is 17.9 Å². The van der Waals surface area contributed by atoms with Crippen LogP contribution in [0.4, 0.5) is 0 Å². The average Bonchev–Trinajstić information content (AvgIpc) is 2.67. The molecule has 2 N–H and O–H groups in total. The Balaban J connectivity index is 2.12. The molecule has 2 aromatic carbocycles. The molecule has 5 nitrogen and oxygen atoms in total. The summed E-state index contributed by atoms with van der Waals surface area (Å²) in [5, 5.41) is 12.9. The molecular weight excluding hydrogens is 410 g/mol. The standard InChI is InChI=1S/C22H28ClNO4S/c1-4-27-20-12-17(13-24-19(22(25)26)8-9-29-3)11-18(23)21(20)28-14-16-7-5-6-15(2)10-16/h5-7,10-12,19,24H,4,8-9,13-14H2,1-3H3,(H,25,26). The second-order valence-electron chi connectivity index (χ2n) is 6.67. The summed E-state index contributed by atoms with van der Waals surface area (Å²) in [6.45, 7) is 5.16. The van der Waals surface area contributed by atoms with E-state index in [9.17, 15) is 9.90 Å². The zero-order valence-electron chi connectivity index (χ0n) is 17.0. The molecule has 1 unspecified atom stereocenters. The van der Waals surface area contributed by atoms with E-state index in [2.05, 4.69) is 11.4 Å². The van der Waals surface area contributed by atoms with Crippen molar-refractivity contribution in [3.8, 4) is 11.5 Å². The van der Waals surface area contributed by atoms with Crippen molar-refractivity contribution >= 4 is 29.3 Å². The van der Waals surface area contributed by atoms with Crippen LogP contribution in [0.2, 0.25) is 5.02 Å². The van der Waals surface area contributed by atoms with Crippen molar-refractivity contribution in [1.82, 2.24) is 5.32 Å². The van der Waals surface area contributed by atoms with Crippen molar-refractivity contribution in [1.29, 1.82) is 0 Å². The number of thioether (sulfide) groups is 1. The number of halogens is 1. The van der Waals surface area contributed by atoms with Gasteiger partial charge >= 0.3 is 5.97 Å². The normalized spacial score (nSPS) is 11.9. The molecule has 0 bridgehead atoms. The smallest absolute Gasteiger partial charge is 0.320 e. The summed E-state index contributed by atoms with van der Waals surface area (Å²) < 4.78 is 11.7. The number of hydrogen-bond donors (Lipinski definition) is 2. The van der Waals surface area contributed by atoms with E-state index in [1.54, 1.807) is 17.8 Å². The van der Waals surface area contributed by atoms with Crippen LogP contribution < -0.4 is 14.8 Å². The SMILES string of the molecule is CCOc1cc(CNC(CCSC)C(=O)O)cc(Cl)c1OCc1cccc(C)c1. The van der Waals surface area contributed by atoms with E-state index in [0.29, 0.717) is 42.7 Å². The molecule has 0 aliphatic carbocycles. The number of aliphatic carboxylic acids is 1. The second kappa shape index (κ2) is 12.0.